The Morgan fingerprint density at radius 3 is 2.18 bits per heavy atom. The summed E-state index contributed by atoms with van der Waals surface area (Å²) in [6.45, 7) is 3.91. The van der Waals surface area contributed by atoms with E-state index in [1.54, 1.807) is 27.4 Å². The Morgan fingerprint density at radius 2 is 1.53 bits per heavy atom. The molecule has 1 aliphatic heterocycles. The molecule has 7 heteroatoms. The van der Waals surface area contributed by atoms with Crippen LogP contribution in [-0.2, 0) is 33.3 Å². The zero-order valence-electron chi connectivity index (χ0n) is 21.2. The third kappa shape index (κ3) is 5.18. The van der Waals surface area contributed by atoms with Gasteiger partial charge in [-0.15, -0.1) is 0 Å². The second kappa shape index (κ2) is 11.0. The van der Waals surface area contributed by atoms with Crippen LogP contribution >= 0.6 is 0 Å². The summed E-state index contributed by atoms with van der Waals surface area (Å²) >= 11 is 0. The van der Waals surface area contributed by atoms with E-state index >= 15 is 0 Å². The van der Waals surface area contributed by atoms with Crippen LogP contribution in [0.3, 0.4) is 0 Å². The number of fused-ring (bicyclic) bond motifs is 1. The molecule has 190 valence electrons. The smallest absolute Gasteiger partial charge is 0.314 e. The first-order chi connectivity index (χ1) is 16.4. The number of ether oxygens (including phenoxy) is 5. The van der Waals surface area contributed by atoms with Crippen molar-refractivity contribution in [1.29, 1.82) is 0 Å². The quantitative estimate of drug-likeness (QED) is 0.536. The first-order valence-corrected chi connectivity index (χ1v) is 12.8. The van der Waals surface area contributed by atoms with Crippen LogP contribution in [-0.4, -0.2) is 63.6 Å². The van der Waals surface area contributed by atoms with Crippen LogP contribution in [0.4, 0.5) is 0 Å². The van der Waals surface area contributed by atoms with E-state index in [4.69, 9.17) is 23.7 Å². The van der Waals surface area contributed by atoms with Gasteiger partial charge in [-0.2, -0.15) is 0 Å². The highest BCUT2D eigenvalue weighted by Gasteiger charge is 2.48. The van der Waals surface area contributed by atoms with Crippen LogP contribution < -0.4 is 0 Å². The maximum absolute atomic E-state index is 13.4. The number of ketones is 1. The van der Waals surface area contributed by atoms with E-state index < -0.39 is 0 Å². The van der Waals surface area contributed by atoms with Gasteiger partial charge in [-0.25, -0.2) is 0 Å². The number of rotatable bonds is 6. The van der Waals surface area contributed by atoms with E-state index in [-0.39, 0.29) is 65.9 Å². The van der Waals surface area contributed by atoms with E-state index in [0.717, 1.165) is 50.5 Å². The van der Waals surface area contributed by atoms with E-state index in [9.17, 15) is 9.59 Å². The molecule has 7 nitrogen and oxygen atoms in total. The maximum atomic E-state index is 13.4. The molecule has 0 aromatic carbocycles. The lowest BCUT2D eigenvalue weighted by atomic mass is 9.80. The maximum Gasteiger partial charge on any atom is 0.314 e. The van der Waals surface area contributed by atoms with Gasteiger partial charge in [0.05, 0.1) is 48.3 Å². The Kier molecular flexibility index (Phi) is 8.28. The minimum atomic E-state index is -0.343. The van der Waals surface area contributed by atoms with Gasteiger partial charge in [-0.3, -0.25) is 9.59 Å². The molecular formula is C27H40O7. The standard InChI is InChI=1S/C27H40O7/c1-15-25-21(28)12-19(18-8-11-22(31-4)23(13-18)32-5)14-24(26(25)16(2)33-15)34-27(29)17-6-9-20(30-3)10-7-17/h12,14-18,20,22-23,25-26H,6-11,13H2,1-5H3. The monoisotopic (exact) mass is 476 g/mol. The Morgan fingerprint density at radius 1 is 0.853 bits per heavy atom. The number of hydrogen-bond donors (Lipinski definition) is 0. The summed E-state index contributed by atoms with van der Waals surface area (Å²) in [5, 5.41) is 0. The Labute approximate surface area is 203 Å². The fraction of sp³-hybridized carbons (Fsp3) is 0.778. The second-order valence-electron chi connectivity index (χ2n) is 10.4. The fourth-order valence-corrected chi connectivity index (χ4v) is 6.46. The van der Waals surface area contributed by atoms with Crippen molar-refractivity contribution >= 4 is 11.8 Å². The normalized spacial score (nSPS) is 40.7. The van der Waals surface area contributed by atoms with Gasteiger partial charge < -0.3 is 23.7 Å². The lowest BCUT2D eigenvalue weighted by molar-refractivity contribution is -0.147. The van der Waals surface area contributed by atoms with Gasteiger partial charge in [0.2, 0.25) is 0 Å². The van der Waals surface area contributed by atoms with Crippen molar-refractivity contribution in [2.24, 2.45) is 23.7 Å². The minimum absolute atomic E-state index is 0.0287. The van der Waals surface area contributed by atoms with Gasteiger partial charge in [0.1, 0.15) is 5.76 Å². The molecule has 34 heavy (non-hydrogen) atoms. The van der Waals surface area contributed by atoms with Crippen molar-refractivity contribution < 1.29 is 33.3 Å². The summed E-state index contributed by atoms with van der Waals surface area (Å²) in [7, 11) is 5.15. The van der Waals surface area contributed by atoms with E-state index in [1.165, 1.54) is 0 Å². The van der Waals surface area contributed by atoms with Crippen LogP contribution in [0.1, 0.15) is 58.8 Å². The first-order valence-electron chi connectivity index (χ1n) is 12.8. The number of carbonyl (C=O) groups excluding carboxylic acids is 2. The number of hydrogen-bond acceptors (Lipinski definition) is 7. The van der Waals surface area contributed by atoms with Crippen molar-refractivity contribution in [3.8, 4) is 0 Å². The van der Waals surface area contributed by atoms with Gasteiger partial charge in [0.15, 0.2) is 5.78 Å². The summed E-state index contributed by atoms with van der Waals surface area (Å²) in [5.74, 6) is -0.145. The van der Waals surface area contributed by atoms with Gasteiger partial charge in [0.25, 0.3) is 0 Å². The minimum Gasteiger partial charge on any atom is -0.430 e. The molecule has 2 saturated carbocycles. The lowest BCUT2D eigenvalue weighted by Crippen LogP contribution is -2.37. The molecule has 3 fully saturated rings. The zero-order valence-corrected chi connectivity index (χ0v) is 21.2. The zero-order chi connectivity index (χ0) is 24.4. The fourth-order valence-electron chi connectivity index (χ4n) is 6.46. The van der Waals surface area contributed by atoms with Crippen LogP contribution in [0, 0.1) is 23.7 Å². The number of esters is 1. The average molecular weight is 477 g/mol. The average Bonchev–Trinajstić information content (AvgIpc) is 3.06. The molecule has 0 spiro atoms. The van der Waals surface area contributed by atoms with Crippen LogP contribution in [0.15, 0.2) is 23.5 Å². The summed E-state index contributed by atoms with van der Waals surface area (Å²) in [6, 6.07) is 0. The molecule has 0 N–H and O–H groups in total. The highest BCUT2D eigenvalue weighted by atomic mass is 16.5. The van der Waals surface area contributed by atoms with Gasteiger partial charge in [0, 0.05) is 21.3 Å². The molecule has 4 aliphatic rings. The molecule has 3 aliphatic carbocycles. The molecule has 1 saturated heterocycles. The number of carbonyl (C=O) groups is 2. The van der Waals surface area contributed by atoms with Gasteiger partial charge >= 0.3 is 5.97 Å². The summed E-state index contributed by atoms with van der Waals surface area (Å²) < 4.78 is 28.9. The van der Waals surface area contributed by atoms with Crippen molar-refractivity contribution in [1.82, 2.24) is 0 Å². The molecule has 4 rings (SSSR count). The highest BCUT2D eigenvalue weighted by molar-refractivity contribution is 5.94. The summed E-state index contributed by atoms with van der Waals surface area (Å²) in [6.07, 6.45) is 9.33. The molecule has 0 amide bonds. The molecule has 7 unspecified atom stereocenters. The number of methoxy groups -OCH3 is 3. The SMILES string of the molecule is COC1CCC(C(=O)OC2=CC(C3CCC(OC)C(OC)C3)=CC(=O)C3C(C)OC(C)C23)CC1. The second-order valence-corrected chi connectivity index (χ2v) is 10.4. The van der Waals surface area contributed by atoms with Crippen molar-refractivity contribution in [2.45, 2.75) is 89.3 Å². The van der Waals surface area contributed by atoms with Crippen LogP contribution in [0.5, 0.6) is 0 Å². The van der Waals surface area contributed by atoms with E-state index in [2.05, 4.69) is 0 Å². The molecule has 0 aromatic heterocycles. The summed E-state index contributed by atoms with van der Waals surface area (Å²) in [5.41, 5.74) is 0.932. The molecular weight excluding hydrogens is 436 g/mol. The molecule has 1 heterocycles. The van der Waals surface area contributed by atoms with Crippen molar-refractivity contribution in [3.05, 3.63) is 23.5 Å². The largest absolute Gasteiger partial charge is 0.430 e. The lowest BCUT2D eigenvalue weighted by Gasteiger charge is -2.35. The third-order valence-electron chi connectivity index (χ3n) is 8.47. The molecule has 0 aromatic rings. The number of allylic oxidation sites excluding steroid dienone is 3. The molecule has 7 atom stereocenters. The van der Waals surface area contributed by atoms with E-state index in [1.807, 2.05) is 19.9 Å². The molecule has 0 bridgehead atoms. The van der Waals surface area contributed by atoms with Crippen LogP contribution in [0.25, 0.3) is 0 Å². The topological polar surface area (TPSA) is 80.3 Å². The first kappa shape index (κ1) is 25.5. The van der Waals surface area contributed by atoms with Gasteiger partial charge in [-0.05, 0) is 82.4 Å². The van der Waals surface area contributed by atoms with Crippen molar-refractivity contribution in [2.75, 3.05) is 21.3 Å². The van der Waals surface area contributed by atoms with Crippen molar-refractivity contribution in [3.63, 3.8) is 0 Å². The molecule has 0 radical (unpaired) electrons. The summed E-state index contributed by atoms with van der Waals surface area (Å²) in [4.78, 5) is 26.6. The predicted octanol–water partition coefficient (Wildman–Crippen LogP) is 4.00. The highest BCUT2D eigenvalue weighted by Crippen LogP contribution is 2.44. The van der Waals surface area contributed by atoms with E-state index in [0.29, 0.717) is 5.76 Å². The van der Waals surface area contributed by atoms with Crippen LogP contribution in [0.2, 0.25) is 0 Å². The Bertz CT molecular complexity index is 810. The third-order valence-corrected chi connectivity index (χ3v) is 8.47. The Balaban J connectivity index is 1.58. The predicted molar refractivity (Wildman–Crippen MR) is 126 cm³/mol. The van der Waals surface area contributed by atoms with Gasteiger partial charge in [-0.1, -0.05) is 0 Å². The Hall–Kier alpha value is -1.54.